The Bertz CT molecular complexity index is 833. The van der Waals surface area contributed by atoms with Gasteiger partial charge in [0.25, 0.3) is 5.91 Å². The van der Waals surface area contributed by atoms with Crippen molar-refractivity contribution in [3.05, 3.63) is 30.2 Å². The molecule has 0 spiro atoms. The highest BCUT2D eigenvalue weighted by Gasteiger charge is 2.30. The van der Waals surface area contributed by atoms with Gasteiger partial charge < -0.3 is 18.9 Å². The van der Waals surface area contributed by atoms with Crippen LogP contribution in [0.15, 0.2) is 28.8 Å². The molecule has 0 unspecified atom stereocenters. The first-order chi connectivity index (χ1) is 14.1. The number of benzene rings is 1. The average molecular weight is 408 g/mol. The van der Waals surface area contributed by atoms with E-state index in [0.29, 0.717) is 50.8 Å². The van der Waals surface area contributed by atoms with Gasteiger partial charge in [0.2, 0.25) is 11.7 Å². The van der Waals surface area contributed by atoms with E-state index >= 15 is 0 Å². The lowest BCUT2D eigenvalue weighted by Gasteiger charge is -2.35. The summed E-state index contributed by atoms with van der Waals surface area (Å²) < 4.78 is 40.5. The highest BCUT2D eigenvalue weighted by Crippen LogP contribution is 2.29. The van der Waals surface area contributed by atoms with Crippen LogP contribution in [0.5, 0.6) is 5.75 Å². The SMILES string of the molecule is O=C([C@@H]1CCCO1)N1CCN(Cc2nc(-c3ccccc3OC(F)F)no2)CC1. The predicted octanol–water partition coefficient (Wildman–Crippen LogP) is 2.16. The largest absolute Gasteiger partial charge is 0.434 e. The molecule has 0 radical (unpaired) electrons. The summed E-state index contributed by atoms with van der Waals surface area (Å²) in [6, 6.07) is 6.32. The Morgan fingerprint density at radius 2 is 2.03 bits per heavy atom. The minimum absolute atomic E-state index is 0.00360. The molecule has 0 bridgehead atoms. The van der Waals surface area contributed by atoms with Crippen molar-refractivity contribution in [2.45, 2.75) is 32.1 Å². The molecule has 0 saturated carbocycles. The molecule has 10 heteroatoms. The van der Waals surface area contributed by atoms with Gasteiger partial charge in [0.05, 0.1) is 12.1 Å². The molecule has 2 saturated heterocycles. The summed E-state index contributed by atoms with van der Waals surface area (Å²) in [6.45, 7) is 0.739. The van der Waals surface area contributed by atoms with E-state index in [9.17, 15) is 13.6 Å². The standard InChI is InChI=1S/C19H22F2N4O4/c20-19(21)28-14-5-2-1-4-13(14)17-22-16(29-23-17)12-24-7-9-25(10-8-24)18(26)15-6-3-11-27-15/h1-2,4-5,15,19H,3,6-12H2/t15-/m0/s1. The zero-order chi connectivity index (χ0) is 20.2. The lowest BCUT2D eigenvalue weighted by atomic mass is 10.2. The lowest BCUT2D eigenvalue weighted by molar-refractivity contribution is -0.142. The van der Waals surface area contributed by atoms with E-state index in [1.54, 1.807) is 18.2 Å². The number of rotatable bonds is 6. The Morgan fingerprint density at radius 3 is 2.76 bits per heavy atom. The van der Waals surface area contributed by atoms with Gasteiger partial charge in [-0.15, -0.1) is 0 Å². The number of para-hydroxylation sites is 1. The topological polar surface area (TPSA) is 80.9 Å². The number of aromatic nitrogens is 2. The van der Waals surface area contributed by atoms with Crippen LogP contribution in [-0.2, 0) is 16.1 Å². The van der Waals surface area contributed by atoms with Crippen LogP contribution >= 0.6 is 0 Å². The summed E-state index contributed by atoms with van der Waals surface area (Å²) in [4.78, 5) is 20.7. The Balaban J connectivity index is 1.34. The van der Waals surface area contributed by atoms with Crippen LogP contribution in [0.1, 0.15) is 18.7 Å². The summed E-state index contributed by atoms with van der Waals surface area (Å²) in [5.41, 5.74) is 0.342. The molecule has 1 aromatic carbocycles. The molecule has 0 N–H and O–H groups in total. The second-order valence-corrected chi connectivity index (χ2v) is 6.99. The number of amides is 1. The monoisotopic (exact) mass is 408 g/mol. The lowest BCUT2D eigenvalue weighted by Crippen LogP contribution is -2.51. The number of hydrogen-bond donors (Lipinski definition) is 0. The van der Waals surface area contributed by atoms with Gasteiger partial charge in [-0.05, 0) is 25.0 Å². The first-order valence-corrected chi connectivity index (χ1v) is 9.59. The minimum atomic E-state index is -2.93. The number of carbonyl (C=O) groups excluding carboxylic acids is 1. The number of carbonyl (C=O) groups is 1. The normalized spacial score (nSPS) is 20.4. The Morgan fingerprint density at radius 1 is 1.24 bits per heavy atom. The molecule has 1 amide bonds. The molecule has 156 valence electrons. The van der Waals surface area contributed by atoms with Crippen molar-refractivity contribution in [2.75, 3.05) is 32.8 Å². The van der Waals surface area contributed by atoms with Crippen molar-refractivity contribution in [3.8, 4) is 17.1 Å². The Labute approximate surface area is 166 Å². The molecule has 1 aromatic heterocycles. The predicted molar refractivity (Wildman–Crippen MR) is 97.2 cm³/mol. The van der Waals surface area contributed by atoms with E-state index in [-0.39, 0.29) is 23.6 Å². The highest BCUT2D eigenvalue weighted by molar-refractivity contribution is 5.81. The van der Waals surface area contributed by atoms with Gasteiger partial charge in [-0.1, -0.05) is 17.3 Å². The van der Waals surface area contributed by atoms with E-state index < -0.39 is 6.61 Å². The third kappa shape index (κ3) is 4.70. The zero-order valence-electron chi connectivity index (χ0n) is 15.8. The quantitative estimate of drug-likeness (QED) is 0.725. The van der Waals surface area contributed by atoms with E-state index in [4.69, 9.17) is 9.26 Å². The van der Waals surface area contributed by atoms with Gasteiger partial charge in [-0.3, -0.25) is 9.69 Å². The third-order valence-electron chi connectivity index (χ3n) is 5.06. The van der Waals surface area contributed by atoms with Gasteiger partial charge in [0.15, 0.2) is 0 Å². The fraction of sp³-hybridized carbons (Fsp3) is 0.526. The molecule has 1 atom stereocenters. The van der Waals surface area contributed by atoms with Crippen molar-refractivity contribution in [2.24, 2.45) is 0 Å². The van der Waals surface area contributed by atoms with Crippen LogP contribution in [-0.4, -0.2) is 71.3 Å². The summed E-state index contributed by atoms with van der Waals surface area (Å²) in [5.74, 6) is 0.642. The highest BCUT2D eigenvalue weighted by atomic mass is 19.3. The number of hydrogen-bond acceptors (Lipinski definition) is 7. The van der Waals surface area contributed by atoms with Gasteiger partial charge in [-0.2, -0.15) is 13.8 Å². The fourth-order valence-electron chi connectivity index (χ4n) is 3.57. The maximum atomic E-state index is 12.6. The summed E-state index contributed by atoms with van der Waals surface area (Å²) >= 11 is 0. The molecule has 2 aliphatic heterocycles. The summed E-state index contributed by atoms with van der Waals surface area (Å²) in [6.07, 6.45) is 1.43. The van der Waals surface area contributed by atoms with Crippen LogP contribution in [0.4, 0.5) is 8.78 Å². The van der Waals surface area contributed by atoms with Gasteiger partial charge in [0, 0.05) is 32.8 Å². The molecule has 0 aliphatic carbocycles. The first-order valence-electron chi connectivity index (χ1n) is 9.59. The smallest absolute Gasteiger partial charge is 0.387 e. The average Bonchev–Trinajstić information content (AvgIpc) is 3.40. The van der Waals surface area contributed by atoms with E-state index in [0.717, 1.165) is 12.8 Å². The molecule has 2 aliphatic rings. The van der Waals surface area contributed by atoms with Crippen LogP contribution in [0.3, 0.4) is 0 Å². The van der Waals surface area contributed by atoms with E-state index in [1.807, 2.05) is 4.90 Å². The van der Waals surface area contributed by atoms with Crippen LogP contribution in [0.25, 0.3) is 11.4 Å². The molecule has 2 aromatic rings. The molecule has 3 heterocycles. The molecule has 2 fully saturated rings. The minimum Gasteiger partial charge on any atom is -0.434 e. The molecular weight excluding hydrogens is 386 g/mol. The summed E-state index contributed by atoms with van der Waals surface area (Å²) in [5, 5.41) is 3.90. The van der Waals surface area contributed by atoms with Crippen molar-refractivity contribution in [3.63, 3.8) is 0 Å². The third-order valence-corrected chi connectivity index (χ3v) is 5.06. The van der Waals surface area contributed by atoms with Crippen LogP contribution in [0, 0.1) is 0 Å². The van der Waals surface area contributed by atoms with Crippen molar-refractivity contribution in [1.29, 1.82) is 0 Å². The van der Waals surface area contributed by atoms with Crippen LogP contribution < -0.4 is 4.74 Å². The number of ether oxygens (including phenoxy) is 2. The Hall–Kier alpha value is -2.59. The van der Waals surface area contributed by atoms with Crippen molar-refractivity contribution in [1.82, 2.24) is 19.9 Å². The maximum absolute atomic E-state index is 12.6. The second kappa shape index (κ2) is 8.83. The number of halogens is 2. The molecule has 4 rings (SSSR count). The number of piperazine rings is 1. The molecule has 29 heavy (non-hydrogen) atoms. The van der Waals surface area contributed by atoms with Gasteiger partial charge in [-0.25, -0.2) is 0 Å². The maximum Gasteiger partial charge on any atom is 0.387 e. The first kappa shape index (κ1) is 19.7. The van der Waals surface area contributed by atoms with E-state index in [2.05, 4.69) is 19.8 Å². The second-order valence-electron chi connectivity index (χ2n) is 6.99. The van der Waals surface area contributed by atoms with Crippen molar-refractivity contribution >= 4 is 5.91 Å². The molecule has 8 nitrogen and oxygen atoms in total. The van der Waals surface area contributed by atoms with E-state index in [1.165, 1.54) is 6.07 Å². The van der Waals surface area contributed by atoms with Crippen LogP contribution in [0.2, 0.25) is 0 Å². The van der Waals surface area contributed by atoms with Gasteiger partial charge in [0.1, 0.15) is 11.9 Å². The summed E-state index contributed by atoms with van der Waals surface area (Å²) in [7, 11) is 0. The number of nitrogens with zero attached hydrogens (tertiary/aromatic N) is 4. The Kier molecular flexibility index (Phi) is 6.00. The van der Waals surface area contributed by atoms with Gasteiger partial charge >= 0.3 is 6.61 Å². The fourth-order valence-corrected chi connectivity index (χ4v) is 3.57. The van der Waals surface area contributed by atoms with Crippen molar-refractivity contribution < 1.29 is 27.6 Å². The zero-order valence-corrected chi connectivity index (χ0v) is 15.8. The molecular formula is C19H22F2N4O4. The number of alkyl halides is 2.